The number of rotatable bonds is 1. The van der Waals surface area contributed by atoms with Gasteiger partial charge in [0.1, 0.15) is 11.4 Å². The molecule has 2 aromatic heterocycles. The molecular weight excluding hydrogens is 269 g/mol. The van der Waals surface area contributed by atoms with E-state index in [0.29, 0.717) is 5.56 Å². The Balaban J connectivity index is 2.34. The molecule has 3 aromatic rings. The molecule has 0 fully saturated rings. The molecule has 0 amide bonds. The van der Waals surface area contributed by atoms with Crippen LogP contribution in [0.1, 0.15) is 5.69 Å². The Morgan fingerprint density at radius 3 is 2.35 bits per heavy atom. The van der Waals surface area contributed by atoms with E-state index in [1.54, 1.807) is 12.1 Å². The first-order valence-corrected chi connectivity index (χ1v) is 5.80. The fraction of sp³-hybridized carbons (Fsp3) is 0.0714. The minimum absolute atomic E-state index is 0.00358. The van der Waals surface area contributed by atoms with Crippen molar-refractivity contribution in [1.82, 2.24) is 9.38 Å². The van der Waals surface area contributed by atoms with Crippen molar-refractivity contribution in [3.05, 3.63) is 54.4 Å². The first-order chi connectivity index (χ1) is 9.47. The molecule has 0 bridgehead atoms. The number of alkyl halides is 3. The SMILES string of the molecule is Oc1ccc(-c2c(C(F)(F)F)nc3ccccn23)cc1. The Labute approximate surface area is 111 Å². The maximum atomic E-state index is 13.1. The van der Waals surface area contributed by atoms with E-state index in [2.05, 4.69) is 4.98 Å². The van der Waals surface area contributed by atoms with Crippen molar-refractivity contribution in [2.45, 2.75) is 6.18 Å². The first kappa shape index (κ1) is 12.5. The molecule has 0 radical (unpaired) electrons. The summed E-state index contributed by atoms with van der Waals surface area (Å²) in [5.74, 6) is -0.00358. The summed E-state index contributed by atoms with van der Waals surface area (Å²) in [7, 11) is 0. The number of hydrogen-bond acceptors (Lipinski definition) is 2. The highest BCUT2D eigenvalue weighted by Crippen LogP contribution is 2.37. The van der Waals surface area contributed by atoms with Crippen LogP contribution in [0, 0.1) is 0 Å². The third-order valence-electron chi connectivity index (χ3n) is 2.94. The molecule has 3 rings (SSSR count). The molecular formula is C14H9F3N2O. The summed E-state index contributed by atoms with van der Waals surface area (Å²) in [5, 5.41) is 9.25. The summed E-state index contributed by atoms with van der Waals surface area (Å²) >= 11 is 0. The van der Waals surface area contributed by atoms with Gasteiger partial charge < -0.3 is 5.11 Å². The molecule has 0 aliphatic rings. The molecule has 3 nitrogen and oxygen atoms in total. The lowest BCUT2D eigenvalue weighted by Gasteiger charge is -2.08. The molecule has 6 heteroatoms. The zero-order chi connectivity index (χ0) is 14.3. The molecule has 1 aromatic carbocycles. The minimum Gasteiger partial charge on any atom is -0.508 e. The number of halogens is 3. The number of imidazole rings is 1. The molecule has 0 atom stereocenters. The van der Waals surface area contributed by atoms with Crippen molar-refractivity contribution in [3.63, 3.8) is 0 Å². The van der Waals surface area contributed by atoms with Gasteiger partial charge in [0.2, 0.25) is 0 Å². The van der Waals surface area contributed by atoms with Crippen LogP contribution in [0.15, 0.2) is 48.7 Å². The number of hydrogen-bond donors (Lipinski definition) is 1. The molecule has 0 saturated carbocycles. The van der Waals surface area contributed by atoms with E-state index < -0.39 is 11.9 Å². The summed E-state index contributed by atoms with van der Waals surface area (Å²) < 4.78 is 40.8. The Morgan fingerprint density at radius 1 is 1.00 bits per heavy atom. The molecule has 0 unspecified atom stereocenters. The number of phenolic OH excluding ortho intramolecular Hbond substituents is 1. The average molecular weight is 278 g/mol. The number of benzene rings is 1. The second-order valence-corrected chi connectivity index (χ2v) is 4.28. The topological polar surface area (TPSA) is 37.5 Å². The summed E-state index contributed by atoms with van der Waals surface area (Å²) in [6.45, 7) is 0. The number of pyridine rings is 1. The van der Waals surface area contributed by atoms with Gasteiger partial charge in [-0.25, -0.2) is 4.98 Å². The molecule has 20 heavy (non-hydrogen) atoms. The van der Waals surface area contributed by atoms with Gasteiger partial charge in [-0.1, -0.05) is 6.07 Å². The molecule has 0 aliphatic heterocycles. The van der Waals surface area contributed by atoms with E-state index in [4.69, 9.17) is 0 Å². The summed E-state index contributed by atoms with van der Waals surface area (Å²) in [6, 6.07) is 10.3. The van der Waals surface area contributed by atoms with Crippen LogP contribution in [-0.4, -0.2) is 14.5 Å². The highest BCUT2D eigenvalue weighted by Gasteiger charge is 2.38. The van der Waals surface area contributed by atoms with Gasteiger partial charge in [0, 0.05) is 11.8 Å². The van der Waals surface area contributed by atoms with Crippen molar-refractivity contribution in [3.8, 4) is 17.0 Å². The normalized spacial score (nSPS) is 11.9. The lowest BCUT2D eigenvalue weighted by atomic mass is 10.1. The van der Waals surface area contributed by atoms with E-state index in [0.717, 1.165) is 0 Å². The molecule has 1 N–H and O–H groups in total. The lowest BCUT2D eigenvalue weighted by Crippen LogP contribution is -2.07. The van der Waals surface area contributed by atoms with Crippen LogP contribution in [-0.2, 0) is 6.18 Å². The Hall–Kier alpha value is -2.50. The van der Waals surface area contributed by atoms with E-state index in [1.807, 2.05) is 0 Å². The van der Waals surface area contributed by atoms with Crippen molar-refractivity contribution in [2.75, 3.05) is 0 Å². The largest absolute Gasteiger partial charge is 0.508 e. The van der Waals surface area contributed by atoms with Crippen LogP contribution in [0.3, 0.4) is 0 Å². The Morgan fingerprint density at radius 2 is 1.70 bits per heavy atom. The van der Waals surface area contributed by atoms with Gasteiger partial charge >= 0.3 is 6.18 Å². The predicted molar refractivity (Wildman–Crippen MR) is 67.3 cm³/mol. The van der Waals surface area contributed by atoms with Crippen LogP contribution < -0.4 is 0 Å². The fourth-order valence-corrected chi connectivity index (χ4v) is 2.09. The fourth-order valence-electron chi connectivity index (χ4n) is 2.09. The van der Waals surface area contributed by atoms with Crippen molar-refractivity contribution >= 4 is 5.65 Å². The molecule has 2 heterocycles. The zero-order valence-corrected chi connectivity index (χ0v) is 10.1. The van der Waals surface area contributed by atoms with E-state index in [-0.39, 0.29) is 17.1 Å². The van der Waals surface area contributed by atoms with Gasteiger partial charge in [0.25, 0.3) is 0 Å². The lowest BCUT2D eigenvalue weighted by molar-refractivity contribution is -0.140. The number of aromatic hydroxyl groups is 1. The van der Waals surface area contributed by atoms with Crippen LogP contribution in [0.25, 0.3) is 16.9 Å². The third-order valence-corrected chi connectivity index (χ3v) is 2.94. The van der Waals surface area contributed by atoms with Crippen LogP contribution >= 0.6 is 0 Å². The minimum atomic E-state index is -4.54. The standard InChI is InChI=1S/C14H9F3N2O/c15-14(16,17)13-12(9-4-6-10(20)7-5-9)19-8-2-1-3-11(19)18-13/h1-8,20H. The molecule has 0 saturated heterocycles. The molecule has 102 valence electrons. The van der Waals surface area contributed by atoms with Gasteiger partial charge in [-0.2, -0.15) is 13.2 Å². The summed E-state index contributed by atoms with van der Waals surface area (Å²) in [4.78, 5) is 3.66. The molecule has 0 aliphatic carbocycles. The predicted octanol–water partition coefficient (Wildman–Crippen LogP) is 3.73. The number of nitrogens with zero attached hydrogens (tertiary/aromatic N) is 2. The van der Waals surface area contributed by atoms with E-state index >= 15 is 0 Å². The van der Waals surface area contributed by atoms with Crippen LogP contribution in [0.4, 0.5) is 13.2 Å². The molecule has 0 spiro atoms. The van der Waals surface area contributed by atoms with Gasteiger partial charge in [-0.3, -0.25) is 4.40 Å². The van der Waals surface area contributed by atoms with Crippen molar-refractivity contribution < 1.29 is 18.3 Å². The second kappa shape index (κ2) is 4.26. The van der Waals surface area contributed by atoms with Gasteiger partial charge in [-0.15, -0.1) is 0 Å². The van der Waals surface area contributed by atoms with Crippen LogP contribution in [0.5, 0.6) is 5.75 Å². The maximum absolute atomic E-state index is 13.1. The van der Waals surface area contributed by atoms with Crippen molar-refractivity contribution in [1.29, 1.82) is 0 Å². The highest BCUT2D eigenvalue weighted by molar-refractivity contribution is 5.68. The highest BCUT2D eigenvalue weighted by atomic mass is 19.4. The van der Waals surface area contributed by atoms with Crippen molar-refractivity contribution in [2.24, 2.45) is 0 Å². The zero-order valence-electron chi connectivity index (χ0n) is 10.1. The summed E-state index contributed by atoms with van der Waals surface area (Å²) in [5.41, 5.74) is -0.404. The second-order valence-electron chi connectivity index (χ2n) is 4.28. The Bertz CT molecular complexity index is 760. The van der Waals surface area contributed by atoms with E-state index in [9.17, 15) is 18.3 Å². The average Bonchev–Trinajstić information content (AvgIpc) is 2.79. The smallest absolute Gasteiger partial charge is 0.435 e. The van der Waals surface area contributed by atoms with Gasteiger partial charge in [0.15, 0.2) is 5.69 Å². The van der Waals surface area contributed by atoms with Gasteiger partial charge in [0.05, 0.1) is 5.69 Å². The Kier molecular flexibility index (Phi) is 2.67. The van der Waals surface area contributed by atoms with Gasteiger partial charge in [-0.05, 0) is 36.4 Å². The third kappa shape index (κ3) is 1.99. The number of fused-ring (bicyclic) bond motifs is 1. The van der Waals surface area contributed by atoms with Crippen LogP contribution in [0.2, 0.25) is 0 Å². The van der Waals surface area contributed by atoms with E-state index in [1.165, 1.54) is 40.9 Å². The maximum Gasteiger partial charge on any atom is 0.435 e. The first-order valence-electron chi connectivity index (χ1n) is 5.80. The monoisotopic (exact) mass is 278 g/mol. The summed E-state index contributed by atoms with van der Waals surface area (Å²) in [6.07, 6.45) is -3.01. The number of aromatic nitrogens is 2. The quantitative estimate of drug-likeness (QED) is 0.736. The number of phenols is 1.